The third-order valence-electron chi connectivity index (χ3n) is 3.59. The molecule has 0 amide bonds. The fourth-order valence-electron chi connectivity index (χ4n) is 2.19. The molecule has 2 rings (SSSR count). The Morgan fingerprint density at radius 1 is 1.28 bits per heavy atom. The summed E-state index contributed by atoms with van der Waals surface area (Å²) in [7, 11) is 0. The number of hydrogen-bond donors (Lipinski definition) is 1. The summed E-state index contributed by atoms with van der Waals surface area (Å²) in [5, 5.41) is 0. The molecule has 1 aliphatic rings. The number of carbonyl (C=O) groups excluding carboxylic acids is 1. The molecule has 0 radical (unpaired) electrons. The average Bonchev–Trinajstić information content (AvgIpc) is 3.17. The Morgan fingerprint density at radius 3 is 2.50 bits per heavy atom. The minimum Gasteiger partial charge on any atom is -0.465 e. The molecule has 0 aromatic heterocycles. The van der Waals surface area contributed by atoms with Crippen LogP contribution in [0.5, 0.6) is 0 Å². The first-order valence-electron chi connectivity index (χ1n) is 6.72. The molecule has 1 fully saturated rings. The van der Waals surface area contributed by atoms with Gasteiger partial charge < -0.3 is 10.5 Å². The fourth-order valence-corrected chi connectivity index (χ4v) is 2.19. The number of unbranched alkanes of at least 4 members (excludes halogenated alkanes) is 2. The van der Waals surface area contributed by atoms with Crippen LogP contribution in [0.3, 0.4) is 0 Å². The van der Waals surface area contributed by atoms with E-state index in [0.717, 1.165) is 43.4 Å². The van der Waals surface area contributed by atoms with Gasteiger partial charge in [0.05, 0.1) is 12.0 Å². The molecule has 3 heteroatoms. The molecule has 18 heavy (non-hydrogen) atoms. The van der Waals surface area contributed by atoms with Gasteiger partial charge in [-0.05, 0) is 37.0 Å². The Morgan fingerprint density at radius 2 is 1.94 bits per heavy atom. The maximum absolute atomic E-state index is 12.1. The molecule has 0 unspecified atom stereocenters. The van der Waals surface area contributed by atoms with Gasteiger partial charge >= 0.3 is 5.97 Å². The molecular formula is C15H21NO2. The van der Waals surface area contributed by atoms with Crippen molar-refractivity contribution in [2.24, 2.45) is 0 Å². The summed E-state index contributed by atoms with van der Waals surface area (Å²) in [5.41, 5.74) is 7.06. The molecule has 1 aliphatic carbocycles. The number of benzene rings is 1. The molecule has 1 saturated carbocycles. The number of hydrogen-bond acceptors (Lipinski definition) is 3. The second kappa shape index (κ2) is 5.42. The lowest BCUT2D eigenvalue weighted by molar-refractivity contribution is -0.146. The molecule has 3 nitrogen and oxygen atoms in total. The van der Waals surface area contributed by atoms with E-state index in [0.29, 0.717) is 6.61 Å². The predicted molar refractivity (Wildman–Crippen MR) is 72.3 cm³/mol. The molecule has 0 saturated heterocycles. The van der Waals surface area contributed by atoms with E-state index < -0.39 is 0 Å². The molecule has 1 aromatic rings. The molecule has 0 bridgehead atoms. The Hall–Kier alpha value is -1.51. The Labute approximate surface area is 108 Å². The van der Waals surface area contributed by atoms with Crippen molar-refractivity contribution in [1.82, 2.24) is 0 Å². The third-order valence-corrected chi connectivity index (χ3v) is 3.59. The van der Waals surface area contributed by atoms with E-state index in [-0.39, 0.29) is 11.4 Å². The van der Waals surface area contributed by atoms with Gasteiger partial charge in [-0.25, -0.2) is 0 Å². The van der Waals surface area contributed by atoms with Crippen LogP contribution in [0, 0.1) is 0 Å². The second-order valence-electron chi connectivity index (χ2n) is 5.05. The van der Waals surface area contributed by atoms with Gasteiger partial charge in [0.25, 0.3) is 0 Å². The van der Waals surface area contributed by atoms with Crippen LogP contribution in [0.2, 0.25) is 0 Å². The van der Waals surface area contributed by atoms with Crippen molar-refractivity contribution in [1.29, 1.82) is 0 Å². The van der Waals surface area contributed by atoms with E-state index in [9.17, 15) is 4.79 Å². The largest absolute Gasteiger partial charge is 0.465 e. The van der Waals surface area contributed by atoms with E-state index in [1.807, 2.05) is 24.3 Å². The zero-order chi connectivity index (χ0) is 13.0. The van der Waals surface area contributed by atoms with Crippen LogP contribution in [0.15, 0.2) is 24.3 Å². The number of carbonyl (C=O) groups is 1. The van der Waals surface area contributed by atoms with Crippen LogP contribution >= 0.6 is 0 Å². The maximum atomic E-state index is 12.1. The molecule has 98 valence electrons. The number of anilines is 1. The van der Waals surface area contributed by atoms with Crippen molar-refractivity contribution in [3.8, 4) is 0 Å². The monoisotopic (exact) mass is 247 g/mol. The number of esters is 1. The topological polar surface area (TPSA) is 52.3 Å². The highest BCUT2D eigenvalue weighted by molar-refractivity contribution is 5.86. The summed E-state index contributed by atoms with van der Waals surface area (Å²) < 4.78 is 5.39. The predicted octanol–water partition coefficient (Wildman–Crippen LogP) is 3.03. The molecule has 0 atom stereocenters. The van der Waals surface area contributed by atoms with Crippen LogP contribution in [0.4, 0.5) is 5.69 Å². The lowest BCUT2D eigenvalue weighted by Gasteiger charge is -2.15. The van der Waals surface area contributed by atoms with Crippen molar-refractivity contribution in [2.45, 2.75) is 44.4 Å². The van der Waals surface area contributed by atoms with Crippen molar-refractivity contribution in [3.05, 3.63) is 29.8 Å². The molecule has 2 N–H and O–H groups in total. The summed E-state index contributed by atoms with van der Waals surface area (Å²) in [4.78, 5) is 12.1. The molecule has 1 aromatic carbocycles. The van der Waals surface area contributed by atoms with Crippen LogP contribution in [0.1, 0.15) is 44.6 Å². The minimum absolute atomic E-state index is 0.0663. The van der Waals surface area contributed by atoms with Gasteiger partial charge in [-0.2, -0.15) is 0 Å². The molecule has 0 aliphatic heterocycles. The molecule has 0 heterocycles. The summed E-state index contributed by atoms with van der Waals surface area (Å²) in [6.45, 7) is 2.68. The second-order valence-corrected chi connectivity index (χ2v) is 5.05. The first-order chi connectivity index (χ1) is 8.69. The summed E-state index contributed by atoms with van der Waals surface area (Å²) in [5.74, 6) is -0.0663. The van der Waals surface area contributed by atoms with E-state index in [1.54, 1.807) is 0 Å². The van der Waals surface area contributed by atoms with E-state index >= 15 is 0 Å². The standard InChI is InChI=1S/C15H21NO2/c1-2-3-4-11-18-14(17)15(9-10-15)12-5-7-13(16)8-6-12/h5-8H,2-4,9-11,16H2,1H3. The summed E-state index contributed by atoms with van der Waals surface area (Å²) >= 11 is 0. The SMILES string of the molecule is CCCCCOC(=O)C1(c2ccc(N)cc2)CC1. The molecular weight excluding hydrogens is 226 g/mol. The smallest absolute Gasteiger partial charge is 0.316 e. The Balaban J connectivity index is 1.94. The van der Waals surface area contributed by atoms with Gasteiger partial charge in [-0.1, -0.05) is 31.9 Å². The van der Waals surface area contributed by atoms with Gasteiger partial charge in [0.15, 0.2) is 0 Å². The van der Waals surface area contributed by atoms with Gasteiger partial charge in [0.1, 0.15) is 0 Å². The third kappa shape index (κ3) is 2.66. The van der Waals surface area contributed by atoms with Crippen LogP contribution in [0.25, 0.3) is 0 Å². The first kappa shape index (κ1) is 12.9. The summed E-state index contributed by atoms with van der Waals surface area (Å²) in [6.07, 6.45) is 5.00. The zero-order valence-electron chi connectivity index (χ0n) is 10.9. The van der Waals surface area contributed by atoms with Crippen LogP contribution < -0.4 is 5.73 Å². The Kier molecular flexibility index (Phi) is 3.90. The normalized spacial score (nSPS) is 16.3. The van der Waals surface area contributed by atoms with Crippen molar-refractivity contribution < 1.29 is 9.53 Å². The van der Waals surface area contributed by atoms with Crippen molar-refractivity contribution in [3.63, 3.8) is 0 Å². The maximum Gasteiger partial charge on any atom is 0.316 e. The van der Waals surface area contributed by atoms with Gasteiger partial charge in [0.2, 0.25) is 0 Å². The van der Waals surface area contributed by atoms with Crippen molar-refractivity contribution >= 4 is 11.7 Å². The van der Waals surface area contributed by atoms with Crippen molar-refractivity contribution in [2.75, 3.05) is 12.3 Å². The lowest BCUT2D eigenvalue weighted by atomic mass is 9.96. The summed E-state index contributed by atoms with van der Waals surface area (Å²) in [6, 6.07) is 7.57. The van der Waals surface area contributed by atoms with E-state index in [2.05, 4.69) is 6.92 Å². The highest BCUT2D eigenvalue weighted by Gasteiger charge is 2.52. The Bertz CT molecular complexity index is 407. The van der Waals surface area contributed by atoms with E-state index in [4.69, 9.17) is 10.5 Å². The fraction of sp³-hybridized carbons (Fsp3) is 0.533. The van der Waals surface area contributed by atoms with E-state index in [1.165, 1.54) is 0 Å². The van der Waals surface area contributed by atoms with Crippen LogP contribution in [-0.2, 0) is 14.9 Å². The first-order valence-corrected chi connectivity index (χ1v) is 6.72. The number of rotatable bonds is 6. The van der Waals surface area contributed by atoms with Crippen LogP contribution in [-0.4, -0.2) is 12.6 Å². The lowest BCUT2D eigenvalue weighted by Crippen LogP contribution is -2.23. The average molecular weight is 247 g/mol. The van der Waals surface area contributed by atoms with Gasteiger partial charge in [-0.15, -0.1) is 0 Å². The molecule has 0 spiro atoms. The zero-order valence-corrected chi connectivity index (χ0v) is 10.9. The number of nitrogen functional groups attached to an aromatic ring is 1. The number of ether oxygens (including phenoxy) is 1. The highest BCUT2D eigenvalue weighted by atomic mass is 16.5. The van der Waals surface area contributed by atoms with Gasteiger partial charge in [-0.3, -0.25) is 4.79 Å². The van der Waals surface area contributed by atoms with Gasteiger partial charge in [0, 0.05) is 5.69 Å². The minimum atomic E-state index is -0.375. The quantitative estimate of drug-likeness (QED) is 0.477. The number of nitrogens with two attached hydrogens (primary N) is 1. The highest BCUT2D eigenvalue weighted by Crippen LogP contribution is 2.49.